The number of carbonyl (C=O) groups excluding carboxylic acids is 1. The fourth-order valence-electron chi connectivity index (χ4n) is 3.65. The molecule has 1 aromatic carbocycles. The fourth-order valence-corrected chi connectivity index (χ4v) is 3.65. The second kappa shape index (κ2) is 5.96. The summed E-state index contributed by atoms with van der Waals surface area (Å²) in [6.45, 7) is 0. The van der Waals surface area contributed by atoms with Crippen LogP contribution < -0.4 is 11.1 Å². The molecule has 0 saturated heterocycles. The normalized spacial score (nSPS) is 29.6. The predicted octanol–water partition coefficient (Wildman–Crippen LogP) is 2.49. The monoisotopic (exact) mass is 272 g/mol. The predicted molar refractivity (Wildman–Crippen MR) is 80.5 cm³/mol. The Morgan fingerprint density at radius 1 is 1.10 bits per heavy atom. The second-order valence-corrected chi connectivity index (χ2v) is 6.21. The lowest BCUT2D eigenvalue weighted by Gasteiger charge is -2.32. The van der Waals surface area contributed by atoms with Crippen LogP contribution in [0.2, 0.25) is 0 Å². The molecule has 3 rings (SSSR count). The molecule has 1 fully saturated rings. The Hall–Kier alpha value is -1.35. The lowest BCUT2D eigenvalue weighted by atomic mass is 9.81. The molecule has 3 atom stereocenters. The van der Waals surface area contributed by atoms with Gasteiger partial charge in [-0.2, -0.15) is 0 Å². The van der Waals surface area contributed by atoms with Crippen molar-refractivity contribution in [2.45, 2.75) is 62.9 Å². The molecule has 1 aromatic rings. The van der Waals surface area contributed by atoms with E-state index in [2.05, 4.69) is 23.5 Å². The second-order valence-electron chi connectivity index (χ2n) is 6.21. The van der Waals surface area contributed by atoms with Crippen LogP contribution in [-0.4, -0.2) is 18.0 Å². The van der Waals surface area contributed by atoms with Crippen LogP contribution in [-0.2, 0) is 11.2 Å². The molecule has 0 heterocycles. The minimum absolute atomic E-state index is 0.0223. The highest BCUT2D eigenvalue weighted by Gasteiger charge is 2.30. The Kier molecular flexibility index (Phi) is 4.06. The highest BCUT2D eigenvalue weighted by Crippen LogP contribution is 2.32. The smallest absolute Gasteiger partial charge is 0.227 e. The maximum Gasteiger partial charge on any atom is 0.227 e. The highest BCUT2D eigenvalue weighted by atomic mass is 16.1. The molecular weight excluding hydrogens is 248 g/mol. The average Bonchev–Trinajstić information content (AvgIpc) is 2.49. The SMILES string of the molecule is NC1CCCCC1NC(=O)C1CCCc2ccccc21. The minimum Gasteiger partial charge on any atom is -0.351 e. The lowest BCUT2D eigenvalue weighted by molar-refractivity contribution is -0.123. The summed E-state index contributed by atoms with van der Waals surface area (Å²) in [5, 5.41) is 3.22. The van der Waals surface area contributed by atoms with E-state index in [0.29, 0.717) is 0 Å². The molecule has 0 bridgehead atoms. The molecule has 0 spiro atoms. The van der Waals surface area contributed by atoms with Gasteiger partial charge in [-0.3, -0.25) is 4.79 Å². The van der Waals surface area contributed by atoms with Crippen molar-refractivity contribution < 1.29 is 4.79 Å². The Morgan fingerprint density at radius 3 is 2.75 bits per heavy atom. The summed E-state index contributed by atoms with van der Waals surface area (Å²) in [6.07, 6.45) is 7.60. The van der Waals surface area contributed by atoms with Gasteiger partial charge in [-0.25, -0.2) is 0 Å². The summed E-state index contributed by atoms with van der Waals surface area (Å²) < 4.78 is 0. The van der Waals surface area contributed by atoms with Crippen LogP contribution >= 0.6 is 0 Å². The number of hydrogen-bond acceptors (Lipinski definition) is 2. The third kappa shape index (κ3) is 2.73. The summed E-state index contributed by atoms with van der Waals surface area (Å²) >= 11 is 0. The maximum atomic E-state index is 12.6. The number of hydrogen-bond donors (Lipinski definition) is 2. The molecule has 0 aliphatic heterocycles. The summed E-state index contributed by atoms with van der Waals surface area (Å²) in [6, 6.07) is 8.67. The molecule has 2 aliphatic carbocycles. The number of nitrogens with two attached hydrogens (primary N) is 1. The molecule has 3 N–H and O–H groups in total. The summed E-state index contributed by atoms with van der Waals surface area (Å²) in [4.78, 5) is 12.6. The Labute approximate surface area is 120 Å². The van der Waals surface area contributed by atoms with Gasteiger partial charge in [-0.1, -0.05) is 37.1 Å². The van der Waals surface area contributed by atoms with E-state index in [1.54, 1.807) is 0 Å². The van der Waals surface area contributed by atoms with Gasteiger partial charge in [0.05, 0.1) is 5.92 Å². The minimum atomic E-state index is 0.0223. The van der Waals surface area contributed by atoms with E-state index in [1.165, 1.54) is 24.0 Å². The van der Waals surface area contributed by atoms with Crippen molar-refractivity contribution in [2.75, 3.05) is 0 Å². The first-order chi connectivity index (χ1) is 9.75. The number of benzene rings is 1. The Bertz CT molecular complexity index is 486. The number of carbonyl (C=O) groups is 1. The number of amides is 1. The van der Waals surface area contributed by atoms with Crippen molar-refractivity contribution in [3.05, 3.63) is 35.4 Å². The van der Waals surface area contributed by atoms with E-state index >= 15 is 0 Å². The zero-order valence-corrected chi connectivity index (χ0v) is 12.0. The van der Waals surface area contributed by atoms with Crippen molar-refractivity contribution in [3.8, 4) is 0 Å². The van der Waals surface area contributed by atoms with Crippen molar-refractivity contribution in [1.82, 2.24) is 5.32 Å². The Balaban J connectivity index is 1.72. The first-order valence-corrected chi connectivity index (χ1v) is 7.89. The number of rotatable bonds is 2. The van der Waals surface area contributed by atoms with Crippen LogP contribution in [0.15, 0.2) is 24.3 Å². The molecule has 3 nitrogen and oxygen atoms in total. The van der Waals surface area contributed by atoms with E-state index in [-0.39, 0.29) is 23.9 Å². The molecule has 20 heavy (non-hydrogen) atoms. The lowest BCUT2D eigenvalue weighted by Crippen LogP contribution is -2.50. The first kappa shape index (κ1) is 13.6. The van der Waals surface area contributed by atoms with Gasteiger partial charge < -0.3 is 11.1 Å². The number of fused-ring (bicyclic) bond motifs is 1. The van der Waals surface area contributed by atoms with Crippen molar-refractivity contribution in [2.24, 2.45) is 5.73 Å². The van der Waals surface area contributed by atoms with Gasteiger partial charge in [0.1, 0.15) is 0 Å². The molecule has 2 aliphatic rings. The third-order valence-corrected chi connectivity index (χ3v) is 4.83. The van der Waals surface area contributed by atoms with Gasteiger partial charge >= 0.3 is 0 Å². The van der Waals surface area contributed by atoms with Crippen molar-refractivity contribution in [3.63, 3.8) is 0 Å². The molecular formula is C17H24N2O. The molecule has 0 radical (unpaired) electrons. The zero-order valence-electron chi connectivity index (χ0n) is 12.0. The topological polar surface area (TPSA) is 55.1 Å². The molecule has 1 saturated carbocycles. The molecule has 0 aromatic heterocycles. The molecule has 108 valence electrons. The van der Waals surface area contributed by atoms with E-state index in [0.717, 1.165) is 32.1 Å². The van der Waals surface area contributed by atoms with Crippen LogP contribution in [0.5, 0.6) is 0 Å². The van der Waals surface area contributed by atoms with Gasteiger partial charge in [0, 0.05) is 12.1 Å². The van der Waals surface area contributed by atoms with Crippen LogP contribution in [0.1, 0.15) is 55.6 Å². The summed E-state index contributed by atoms with van der Waals surface area (Å²) in [5.74, 6) is 0.202. The van der Waals surface area contributed by atoms with Gasteiger partial charge in [0.25, 0.3) is 0 Å². The zero-order chi connectivity index (χ0) is 13.9. The molecule has 1 amide bonds. The largest absolute Gasteiger partial charge is 0.351 e. The van der Waals surface area contributed by atoms with Crippen LogP contribution in [0.25, 0.3) is 0 Å². The fraction of sp³-hybridized carbons (Fsp3) is 0.588. The molecule has 3 heteroatoms. The third-order valence-electron chi connectivity index (χ3n) is 4.83. The van der Waals surface area contributed by atoms with Crippen LogP contribution in [0.4, 0.5) is 0 Å². The van der Waals surface area contributed by atoms with Crippen molar-refractivity contribution >= 4 is 5.91 Å². The van der Waals surface area contributed by atoms with Gasteiger partial charge in [0.2, 0.25) is 5.91 Å². The number of nitrogens with one attached hydrogen (secondary N) is 1. The van der Waals surface area contributed by atoms with Gasteiger partial charge in [-0.05, 0) is 43.2 Å². The van der Waals surface area contributed by atoms with Crippen LogP contribution in [0.3, 0.4) is 0 Å². The summed E-state index contributed by atoms with van der Waals surface area (Å²) in [7, 11) is 0. The average molecular weight is 272 g/mol. The summed E-state index contributed by atoms with van der Waals surface area (Å²) in [5.41, 5.74) is 8.70. The van der Waals surface area contributed by atoms with E-state index in [9.17, 15) is 4.79 Å². The van der Waals surface area contributed by atoms with E-state index in [4.69, 9.17) is 5.73 Å². The standard InChI is InChI=1S/C17H24N2O/c18-15-10-3-4-11-16(15)19-17(20)14-9-5-7-12-6-1-2-8-13(12)14/h1-2,6,8,14-16H,3-5,7,9-11,18H2,(H,19,20). The molecule has 3 unspecified atom stereocenters. The first-order valence-electron chi connectivity index (χ1n) is 7.89. The van der Waals surface area contributed by atoms with Gasteiger partial charge in [0.15, 0.2) is 0 Å². The van der Waals surface area contributed by atoms with E-state index < -0.39 is 0 Å². The van der Waals surface area contributed by atoms with Gasteiger partial charge in [-0.15, -0.1) is 0 Å². The highest BCUT2D eigenvalue weighted by molar-refractivity contribution is 5.84. The Morgan fingerprint density at radius 2 is 1.90 bits per heavy atom. The van der Waals surface area contributed by atoms with E-state index in [1.807, 2.05) is 6.07 Å². The number of aryl methyl sites for hydroxylation is 1. The van der Waals surface area contributed by atoms with Crippen LogP contribution in [0, 0.1) is 0 Å². The van der Waals surface area contributed by atoms with Crippen molar-refractivity contribution in [1.29, 1.82) is 0 Å². The quantitative estimate of drug-likeness (QED) is 0.869. The maximum absolute atomic E-state index is 12.6.